The molecule has 0 aliphatic heterocycles. The normalized spacial score (nSPS) is 35.8. The molecule has 3 aliphatic carbocycles. The van der Waals surface area contributed by atoms with Crippen LogP contribution in [0.1, 0.15) is 88.2 Å². The first kappa shape index (κ1) is 18.9. The van der Waals surface area contributed by atoms with Gasteiger partial charge >= 0.3 is 0 Å². The van der Waals surface area contributed by atoms with Gasteiger partial charge in [-0.3, -0.25) is 0 Å². The van der Waals surface area contributed by atoms with E-state index in [1.54, 1.807) is 6.07 Å². The zero-order valence-electron chi connectivity index (χ0n) is 16.4. The van der Waals surface area contributed by atoms with E-state index in [1.807, 2.05) is 0 Å². The van der Waals surface area contributed by atoms with Crippen LogP contribution in [0.5, 0.6) is 0 Å². The molecule has 3 saturated carbocycles. The molecular formula is C24H31F2N. The van der Waals surface area contributed by atoms with E-state index in [-0.39, 0.29) is 5.92 Å². The number of nitriles is 1. The van der Waals surface area contributed by atoms with Crippen molar-refractivity contribution < 1.29 is 8.78 Å². The van der Waals surface area contributed by atoms with E-state index in [4.69, 9.17) is 5.26 Å². The SMILES string of the molecule is CCCC1CCC2C(CCC3CC(c4cc(F)c(C#N)c(F)c4)CCC32)C1. The van der Waals surface area contributed by atoms with Crippen molar-refractivity contribution in [2.75, 3.05) is 0 Å². The maximum atomic E-state index is 14.1. The lowest BCUT2D eigenvalue weighted by atomic mass is 9.55. The Morgan fingerprint density at radius 1 is 0.926 bits per heavy atom. The first-order valence-electron chi connectivity index (χ1n) is 11.0. The van der Waals surface area contributed by atoms with Gasteiger partial charge in [-0.2, -0.15) is 5.26 Å². The van der Waals surface area contributed by atoms with E-state index in [0.717, 1.165) is 48.0 Å². The molecule has 0 N–H and O–H groups in total. The third-order valence-corrected chi connectivity index (χ3v) is 7.99. The topological polar surface area (TPSA) is 23.8 Å². The van der Waals surface area contributed by atoms with Crippen molar-refractivity contribution in [3.05, 3.63) is 34.9 Å². The highest BCUT2D eigenvalue weighted by atomic mass is 19.1. The van der Waals surface area contributed by atoms with Crippen molar-refractivity contribution in [3.63, 3.8) is 0 Å². The van der Waals surface area contributed by atoms with Crippen LogP contribution in [0.3, 0.4) is 0 Å². The van der Waals surface area contributed by atoms with Gasteiger partial charge in [0.05, 0.1) is 0 Å². The molecule has 1 aromatic rings. The number of halogens is 2. The van der Waals surface area contributed by atoms with Gasteiger partial charge in [0, 0.05) is 0 Å². The lowest BCUT2D eigenvalue weighted by Crippen LogP contribution is -2.41. The van der Waals surface area contributed by atoms with E-state index in [2.05, 4.69) is 6.92 Å². The van der Waals surface area contributed by atoms with Gasteiger partial charge in [-0.15, -0.1) is 0 Å². The summed E-state index contributed by atoms with van der Waals surface area (Å²) in [6.07, 6.45) is 12.9. The summed E-state index contributed by atoms with van der Waals surface area (Å²) >= 11 is 0. The van der Waals surface area contributed by atoms with Crippen molar-refractivity contribution in [1.29, 1.82) is 5.26 Å². The summed E-state index contributed by atoms with van der Waals surface area (Å²) in [4.78, 5) is 0. The molecule has 146 valence electrons. The Balaban J connectivity index is 1.45. The smallest absolute Gasteiger partial charge is 0.144 e. The predicted octanol–water partition coefficient (Wildman–Crippen LogP) is 6.96. The van der Waals surface area contributed by atoms with Crippen molar-refractivity contribution in [3.8, 4) is 6.07 Å². The quantitative estimate of drug-likeness (QED) is 0.563. The van der Waals surface area contributed by atoms with E-state index in [1.165, 1.54) is 63.5 Å². The van der Waals surface area contributed by atoms with E-state index in [9.17, 15) is 8.78 Å². The van der Waals surface area contributed by atoms with Crippen LogP contribution in [0.2, 0.25) is 0 Å². The maximum absolute atomic E-state index is 14.1. The van der Waals surface area contributed by atoms with Crippen LogP contribution in [0.25, 0.3) is 0 Å². The first-order chi connectivity index (χ1) is 13.1. The molecule has 0 amide bonds. The Labute approximate surface area is 162 Å². The largest absolute Gasteiger partial charge is 0.205 e. The maximum Gasteiger partial charge on any atom is 0.144 e. The van der Waals surface area contributed by atoms with Crippen molar-refractivity contribution in [2.45, 2.75) is 77.0 Å². The van der Waals surface area contributed by atoms with Gasteiger partial charge in [0.15, 0.2) is 0 Å². The molecule has 0 saturated heterocycles. The van der Waals surface area contributed by atoms with Gasteiger partial charge in [0.1, 0.15) is 23.3 Å². The highest BCUT2D eigenvalue weighted by molar-refractivity contribution is 5.36. The van der Waals surface area contributed by atoms with Crippen LogP contribution in [0, 0.1) is 52.6 Å². The number of rotatable bonds is 3. The van der Waals surface area contributed by atoms with Crippen molar-refractivity contribution in [1.82, 2.24) is 0 Å². The number of fused-ring (bicyclic) bond motifs is 3. The van der Waals surface area contributed by atoms with Crippen molar-refractivity contribution >= 4 is 0 Å². The molecule has 0 bridgehead atoms. The molecular weight excluding hydrogens is 340 g/mol. The molecule has 0 aromatic heterocycles. The summed E-state index contributed by atoms with van der Waals surface area (Å²) in [6.45, 7) is 2.30. The molecule has 1 nitrogen and oxygen atoms in total. The summed E-state index contributed by atoms with van der Waals surface area (Å²) in [5, 5.41) is 8.89. The average Bonchev–Trinajstić information content (AvgIpc) is 2.67. The Morgan fingerprint density at radius 3 is 2.19 bits per heavy atom. The van der Waals surface area contributed by atoms with E-state index < -0.39 is 17.2 Å². The molecule has 6 atom stereocenters. The van der Waals surface area contributed by atoms with Crippen molar-refractivity contribution in [2.24, 2.45) is 29.6 Å². The Bertz CT molecular complexity index is 699. The summed E-state index contributed by atoms with van der Waals surface area (Å²) in [6, 6.07) is 4.45. The monoisotopic (exact) mass is 371 g/mol. The molecule has 0 heterocycles. The molecule has 4 rings (SSSR count). The minimum Gasteiger partial charge on any atom is -0.205 e. The Morgan fingerprint density at radius 2 is 1.56 bits per heavy atom. The standard InChI is InChI=1S/C24H31F2N/c1-2-3-15-4-8-20-17(10-15)5-6-18-11-16(7-9-21(18)20)19-12-23(25)22(14-27)24(26)13-19/h12-13,15-18,20-21H,2-11H2,1H3. The number of nitrogens with zero attached hydrogens (tertiary/aromatic N) is 1. The zero-order chi connectivity index (χ0) is 19.0. The number of benzene rings is 1. The molecule has 3 fully saturated rings. The first-order valence-corrected chi connectivity index (χ1v) is 11.0. The second-order valence-electron chi connectivity index (χ2n) is 9.37. The summed E-state index contributed by atoms with van der Waals surface area (Å²) in [7, 11) is 0. The fourth-order valence-electron chi connectivity index (χ4n) is 6.80. The predicted molar refractivity (Wildman–Crippen MR) is 103 cm³/mol. The van der Waals surface area contributed by atoms with Crippen LogP contribution in [-0.4, -0.2) is 0 Å². The summed E-state index contributed by atoms with van der Waals surface area (Å²) < 4.78 is 28.1. The number of hydrogen-bond donors (Lipinski definition) is 0. The molecule has 3 heteroatoms. The highest BCUT2D eigenvalue weighted by Crippen LogP contribution is 2.55. The molecule has 0 spiro atoms. The third kappa shape index (κ3) is 3.65. The van der Waals surface area contributed by atoms with Crippen LogP contribution >= 0.6 is 0 Å². The fraction of sp³-hybridized carbons (Fsp3) is 0.708. The lowest BCUT2D eigenvalue weighted by Gasteiger charge is -2.51. The zero-order valence-corrected chi connectivity index (χ0v) is 16.4. The summed E-state index contributed by atoms with van der Waals surface area (Å²) in [5.74, 6) is 3.17. The average molecular weight is 372 g/mol. The highest BCUT2D eigenvalue weighted by Gasteiger charge is 2.44. The molecule has 0 radical (unpaired) electrons. The van der Waals surface area contributed by atoms with Gasteiger partial charge < -0.3 is 0 Å². The molecule has 27 heavy (non-hydrogen) atoms. The second-order valence-corrected chi connectivity index (χ2v) is 9.37. The van der Waals surface area contributed by atoms with Gasteiger partial charge in [0.2, 0.25) is 0 Å². The minimum atomic E-state index is -0.701. The van der Waals surface area contributed by atoms with Gasteiger partial charge in [-0.25, -0.2) is 8.78 Å². The van der Waals surface area contributed by atoms with Crippen LogP contribution in [0.15, 0.2) is 12.1 Å². The van der Waals surface area contributed by atoms with Gasteiger partial charge in [-0.1, -0.05) is 26.2 Å². The van der Waals surface area contributed by atoms with Crippen LogP contribution in [-0.2, 0) is 0 Å². The number of hydrogen-bond acceptors (Lipinski definition) is 1. The molecule has 6 unspecified atom stereocenters. The molecule has 3 aliphatic rings. The lowest BCUT2D eigenvalue weighted by molar-refractivity contribution is 0.00539. The second kappa shape index (κ2) is 7.90. The Hall–Kier alpha value is -1.43. The third-order valence-electron chi connectivity index (χ3n) is 7.99. The Kier molecular flexibility index (Phi) is 5.53. The summed E-state index contributed by atoms with van der Waals surface area (Å²) in [5.41, 5.74) is 0.313. The molecule has 1 aromatic carbocycles. The van der Waals surface area contributed by atoms with E-state index in [0.29, 0.717) is 0 Å². The van der Waals surface area contributed by atoms with Gasteiger partial charge in [0.25, 0.3) is 0 Å². The van der Waals surface area contributed by atoms with E-state index >= 15 is 0 Å². The minimum absolute atomic E-state index is 0.246. The van der Waals surface area contributed by atoms with Crippen LogP contribution in [0.4, 0.5) is 8.78 Å². The van der Waals surface area contributed by atoms with Gasteiger partial charge in [-0.05, 0) is 98.1 Å². The fourth-order valence-corrected chi connectivity index (χ4v) is 6.80. The van der Waals surface area contributed by atoms with Crippen LogP contribution < -0.4 is 0 Å².